The van der Waals surface area contributed by atoms with Gasteiger partial charge in [0, 0.05) is 76.8 Å². The summed E-state index contributed by atoms with van der Waals surface area (Å²) in [5.41, 5.74) is 3.08. The van der Waals surface area contributed by atoms with Gasteiger partial charge in [-0.2, -0.15) is 0 Å². The molecule has 137 heavy (non-hydrogen) atoms. The van der Waals surface area contributed by atoms with E-state index < -0.39 is 101 Å². The van der Waals surface area contributed by atoms with Gasteiger partial charge in [-0.3, -0.25) is 48.2 Å². The molecule has 0 saturated carbocycles. The maximum absolute atomic E-state index is 13.9. The Morgan fingerprint density at radius 1 is 0.489 bits per heavy atom. The van der Waals surface area contributed by atoms with Crippen LogP contribution in [-0.4, -0.2) is 290 Å². The van der Waals surface area contributed by atoms with Crippen molar-refractivity contribution in [2.45, 2.75) is 195 Å². The highest BCUT2D eigenvalue weighted by molar-refractivity contribution is 6.32. The fourth-order valence-electron chi connectivity index (χ4n) is 14.6. The molecule has 0 aromatic heterocycles. The van der Waals surface area contributed by atoms with Gasteiger partial charge in [0.2, 0.25) is 23.6 Å². The summed E-state index contributed by atoms with van der Waals surface area (Å²) < 4.78 is 95.9. The average molecular weight is 1960 g/mol. The van der Waals surface area contributed by atoms with E-state index in [-0.39, 0.29) is 138 Å². The maximum atomic E-state index is 13.9. The van der Waals surface area contributed by atoms with Crippen molar-refractivity contribution in [2.24, 2.45) is 34.5 Å². The van der Waals surface area contributed by atoms with Gasteiger partial charge in [0.15, 0.2) is 12.2 Å². The highest BCUT2D eigenvalue weighted by atomic mass is 35.5. The molecule has 5 N–H and O–H groups in total. The monoisotopic (exact) mass is 1960 g/mol. The third kappa shape index (κ3) is 42.6. The maximum Gasteiger partial charge on any atom is 0.347 e. The van der Waals surface area contributed by atoms with Gasteiger partial charge in [0.25, 0.3) is 0 Å². The largest absolute Gasteiger partial charge is 0.495 e. The third-order valence-electron chi connectivity index (χ3n) is 22.8. The molecule has 2 fully saturated rings. The van der Waals surface area contributed by atoms with Crippen LogP contribution in [0.1, 0.15) is 153 Å². The summed E-state index contributed by atoms with van der Waals surface area (Å²) in [6.07, 6.45) is 3.58. The number of aliphatic carboxylic acids is 1. The Bertz CT molecular complexity index is 4500. The summed E-state index contributed by atoms with van der Waals surface area (Å²) in [6.45, 7) is 30.9. The topological polar surface area (TPSA) is 409 Å². The van der Waals surface area contributed by atoms with Crippen LogP contribution in [0.25, 0.3) is 0 Å². The summed E-state index contributed by atoms with van der Waals surface area (Å²) >= 11 is 12.7. The van der Waals surface area contributed by atoms with Crippen molar-refractivity contribution in [1.29, 1.82) is 0 Å². The second kappa shape index (κ2) is 60.5. The van der Waals surface area contributed by atoms with Gasteiger partial charge in [-0.1, -0.05) is 150 Å². The molecule has 8 rings (SSSR count). The van der Waals surface area contributed by atoms with Crippen molar-refractivity contribution in [3.63, 3.8) is 0 Å². The first-order valence-corrected chi connectivity index (χ1v) is 47.7. The van der Waals surface area contributed by atoms with Gasteiger partial charge in [0.1, 0.15) is 54.6 Å². The molecule has 760 valence electrons. The van der Waals surface area contributed by atoms with Crippen LogP contribution in [0.4, 0.5) is 0 Å². The number of esters is 5. The summed E-state index contributed by atoms with van der Waals surface area (Å²) in [5, 5.41) is 20.5. The van der Waals surface area contributed by atoms with Gasteiger partial charge >= 0.3 is 35.8 Å². The fourth-order valence-corrected chi connectivity index (χ4v) is 15.1. The number of hydrogen-bond acceptors (Lipinski definition) is 29. The van der Waals surface area contributed by atoms with E-state index >= 15 is 0 Å². The standard InChI is InChI=1S/C52H74ClN3O14.C49H70ClN3O14/c1-9-21-67-46(58)19-22-63-24-26-65-28-29-66-27-25-64-23-20-56(7)33-37-13-16-39(17-14-37)48-47(70-48)36(4)42-11-10-12-45(57)55-41(32-38-15-18-43(62-8)40(53)31-38)49(59)54-34-52(5,6)51(61)69-44(30-35(2)3)50(60)68-42;1-32(2)27-41-47(58)65-39(9-8-10-42(54)52-38(29-35-13-16-40(60-7)37(50)28-35)46(57)51-31-49(4,5)48(59)66-41)33(3)44-45(67-44)36-14-11-34(12-15-36)30-53(6)18-20-62-22-24-64-26-25-63-23-21-61-19-17-43(55)56/h9-10,12-18,31,35-36,41-42,44,47-48H,1,11,19-30,32-34H2,2-8H3,(H,54,59)(H,55,57);8,10-16,28,32-33,38-39,41,44-45H,9,17-27,29-31H2,1-7H3,(H,51,57)(H,52,54)(H,55,56)/b12-10+;10-8+/t36-,41+,42-,44-,47+,48+;33-,38+,39-,41-,44+,45+/m00/s1. The predicted octanol–water partition coefficient (Wildman–Crippen LogP) is 10.8. The number of carbonyl (C=O) groups is 10. The summed E-state index contributed by atoms with van der Waals surface area (Å²) in [7, 11) is 7.05. The molecule has 0 spiro atoms. The number of cyclic esters (lactones) is 4. The summed E-state index contributed by atoms with van der Waals surface area (Å²) in [4.78, 5) is 135. The van der Waals surface area contributed by atoms with Crippen LogP contribution in [0.2, 0.25) is 10.0 Å². The molecule has 4 aromatic rings. The number of halogens is 2. The van der Waals surface area contributed by atoms with Crippen LogP contribution < -0.4 is 30.7 Å². The van der Waals surface area contributed by atoms with Crippen molar-refractivity contribution in [3.05, 3.63) is 165 Å². The molecule has 0 aliphatic carbocycles. The molecule has 12 atom stereocenters. The van der Waals surface area contributed by atoms with Gasteiger partial charge in [-0.25, -0.2) is 9.59 Å². The van der Waals surface area contributed by atoms with Gasteiger partial charge in [-0.15, -0.1) is 0 Å². The van der Waals surface area contributed by atoms with E-state index in [1.165, 1.54) is 32.4 Å². The molecule has 0 unspecified atom stereocenters. The molecular weight excluding hydrogens is 1820 g/mol. The Morgan fingerprint density at radius 3 is 1.17 bits per heavy atom. The zero-order valence-electron chi connectivity index (χ0n) is 81.8. The number of rotatable bonds is 52. The Kier molecular flexibility index (Phi) is 50.5. The van der Waals surface area contributed by atoms with E-state index in [1.807, 2.05) is 79.9 Å². The minimum Gasteiger partial charge on any atom is -0.495 e. The molecule has 0 radical (unpaired) electrons. The fraction of sp³-hybridized carbons (Fsp3) is 0.604. The van der Waals surface area contributed by atoms with Crippen LogP contribution in [0, 0.1) is 34.5 Å². The molecule has 34 nitrogen and oxygen atoms in total. The minimum absolute atomic E-state index is 0.0144. The number of methoxy groups -OCH3 is 2. The SMILES string of the molecule is C=CCOC(=O)CCOCCOCCOCCOCCN(C)Cc1ccc([C@H]2O[C@@H]2[C@@H](C)[C@@H]2C/C=C/C(=O)N[C@H](Cc3ccc(OC)c(Cl)c3)C(=O)NCC(C)(C)C(=O)O[C@@H](CC(C)C)C(=O)O2)cc1.COc1ccc(C[C@H]2NC(=O)/C=C/C[C@@H]([C@H](C)[C@H]3O[C@@H]3c3ccc(CN(C)CCOCCOCCOCCOCCC(=O)O)cc3)OC(=O)[C@H](CC(C)C)OC(=O)C(C)(C)CNC2=O)cc1Cl. The Balaban J connectivity index is 0.000000374. The number of carboxylic acid groups (broad SMARTS) is 1. The second-order valence-electron chi connectivity index (χ2n) is 36.4. The number of nitrogens with zero attached hydrogens (tertiary/aromatic N) is 2. The van der Waals surface area contributed by atoms with Crippen molar-refractivity contribution in [1.82, 2.24) is 31.1 Å². The minimum atomic E-state index is -1.23. The molecule has 4 aromatic carbocycles. The first-order chi connectivity index (χ1) is 65.5. The van der Waals surface area contributed by atoms with Crippen molar-refractivity contribution in [3.8, 4) is 11.5 Å². The molecule has 4 aliphatic rings. The van der Waals surface area contributed by atoms with E-state index in [1.54, 1.807) is 76.2 Å². The number of carboxylic acids is 1. The Labute approximate surface area is 815 Å². The van der Waals surface area contributed by atoms with Gasteiger partial charge in [-0.05, 0) is 136 Å². The first-order valence-electron chi connectivity index (χ1n) is 46.9. The molecule has 36 heteroatoms. The van der Waals surface area contributed by atoms with Crippen molar-refractivity contribution in [2.75, 3.05) is 167 Å². The zero-order chi connectivity index (χ0) is 100.0. The van der Waals surface area contributed by atoms with Crippen LogP contribution in [0.5, 0.6) is 11.5 Å². The number of epoxide rings is 2. The molecule has 4 amide bonds. The molecule has 4 aliphatic heterocycles. The quantitative estimate of drug-likeness (QED) is 0.00901. The number of ether oxygens (including phenoxy) is 17. The summed E-state index contributed by atoms with van der Waals surface area (Å²) in [6, 6.07) is 24.6. The summed E-state index contributed by atoms with van der Waals surface area (Å²) in [5.74, 6) is -5.76. The van der Waals surface area contributed by atoms with Gasteiger partial charge < -0.3 is 107 Å². The number of amides is 4. The molecule has 4 heterocycles. The Morgan fingerprint density at radius 2 is 0.832 bits per heavy atom. The third-order valence-corrected chi connectivity index (χ3v) is 23.4. The molecule has 2 saturated heterocycles. The zero-order valence-corrected chi connectivity index (χ0v) is 83.3. The molecular formula is C101H144Cl2N6O28. The second-order valence-corrected chi connectivity index (χ2v) is 37.2. The van der Waals surface area contributed by atoms with E-state index in [4.69, 9.17) is 109 Å². The average Bonchev–Trinajstić information content (AvgIpc) is 1.63. The van der Waals surface area contributed by atoms with Gasteiger partial charge in [0.05, 0.1) is 166 Å². The van der Waals surface area contributed by atoms with Crippen LogP contribution in [0.3, 0.4) is 0 Å². The predicted molar refractivity (Wildman–Crippen MR) is 510 cm³/mol. The van der Waals surface area contributed by atoms with E-state index in [0.717, 1.165) is 35.3 Å². The number of hydrogen-bond donors (Lipinski definition) is 5. The van der Waals surface area contributed by atoms with Crippen molar-refractivity contribution < 1.29 is 134 Å². The van der Waals surface area contributed by atoms with Crippen molar-refractivity contribution >= 4 is 82.6 Å². The number of likely N-dealkylation sites (N-methyl/N-ethyl adjacent to an activating group) is 2. The molecule has 0 bridgehead atoms. The lowest BCUT2D eigenvalue weighted by Gasteiger charge is -2.29. The van der Waals surface area contributed by atoms with E-state index in [0.29, 0.717) is 138 Å². The first kappa shape index (κ1) is 114. The van der Waals surface area contributed by atoms with E-state index in [9.17, 15) is 47.9 Å². The lowest BCUT2D eigenvalue weighted by molar-refractivity contribution is -0.179. The lowest BCUT2D eigenvalue weighted by atomic mass is 9.92. The number of nitrogens with one attached hydrogen (secondary N) is 4. The normalized spacial score (nSPS) is 22.1. The van der Waals surface area contributed by atoms with Crippen LogP contribution in [0.15, 0.2) is 122 Å². The number of benzene rings is 4. The number of carbonyl (C=O) groups excluding carboxylic acids is 9. The highest BCUT2D eigenvalue weighted by Crippen LogP contribution is 2.47. The lowest BCUT2D eigenvalue weighted by Crippen LogP contribution is -2.51. The smallest absolute Gasteiger partial charge is 0.347 e. The highest BCUT2D eigenvalue weighted by Gasteiger charge is 2.50. The van der Waals surface area contributed by atoms with Crippen LogP contribution >= 0.6 is 23.2 Å². The van der Waals surface area contributed by atoms with E-state index in [2.05, 4.69) is 61.9 Å². The Hall–Kier alpha value is -9.50. The van der Waals surface area contributed by atoms with Crippen LogP contribution in [-0.2, 0) is 145 Å².